The van der Waals surface area contributed by atoms with Gasteiger partial charge in [0, 0.05) is 35.2 Å². The lowest BCUT2D eigenvalue weighted by atomic mass is 9.86. The highest BCUT2D eigenvalue weighted by molar-refractivity contribution is 7.80. The van der Waals surface area contributed by atoms with Crippen LogP contribution in [-0.4, -0.2) is 22.7 Å². The van der Waals surface area contributed by atoms with Crippen molar-refractivity contribution < 1.29 is 0 Å². The Balaban J connectivity index is 1.71. The average Bonchev–Trinajstić information content (AvgIpc) is 3.14. The number of rotatable bonds is 3. The molecule has 2 aliphatic heterocycles. The molecule has 0 amide bonds. The number of nitrogens with zero attached hydrogens (tertiary/aromatic N) is 3. The number of pyridine rings is 1. The molecular formula is C28H29ClN4S. The number of nitrogens with one attached hydrogen (secondary N) is 1. The number of anilines is 2. The van der Waals surface area contributed by atoms with E-state index in [-0.39, 0.29) is 17.6 Å². The Bertz CT molecular complexity index is 1300. The molecule has 1 fully saturated rings. The van der Waals surface area contributed by atoms with Crippen molar-refractivity contribution in [3.8, 4) is 0 Å². The van der Waals surface area contributed by atoms with Gasteiger partial charge in [-0.25, -0.2) is 0 Å². The van der Waals surface area contributed by atoms with Crippen molar-refractivity contribution in [2.75, 3.05) is 16.8 Å². The molecule has 0 unspecified atom stereocenters. The molecule has 5 rings (SSSR count). The molecular weight excluding hydrogens is 460 g/mol. The monoisotopic (exact) mass is 488 g/mol. The van der Waals surface area contributed by atoms with E-state index in [2.05, 4.69) is 97.3 Å². The SMILES string of the molecule is CC1=CC(C)(C)N(C)c2cc(Cl)c([C@H]3[C@H](c4ccccn4)NC(=S)N3c3cccc(C)c3)cc21. The third-order valence-corrected chi connectivity index (χ3v) is 7.67. The molecule has 0 spiro atoms. The first-order chi connectivity index (χ1) is 16.2. The minimum absolute atomic E-state index is 0.0808. The number of hydrogen-bond acceptors (Lipinski definition) is 3. The summed E-state index contributed by atoms with van der Waals surface area (Å²) in [6.07, 6.45) is 4.14. The fourth-order valence-electron chi connectivity index (χ4n) is 5.14. The van der Waals surface area contributed by atoms with Crippen LogP contribution in [0.3, 0.4) is 0 Å². The van der Waals surface area contributed by atoms with E-state index >= 15 is 0 Å². The highest BCUT2D eigenvalue weighted by atomic mass is 35.5. The summed E-state index contributed by atoms with van der Waals surface area (Å²) in [5.74, 6) is 0. The first-order valence-electron chi connectivity index (χ1n) is 11.5. The Labute approximate surface area is 212 Å². The van der Waals surface area contributed by atoms with E-state index in [4.69, 9.17) is 23.8 Å². The van der Waals surface area contributed by atoms with Gasteiger partial charge in [0.25, 0.3) is 0 Å². The van der Waals surface area contributed by atoms with Crippen LogP contribution in [0.4, 0.5) is 11.4 Å². The quantitative estimate of drug-likeness (QED) is 0.407. The standard InChI is InChI=1S/C28H29ClN4S/c1-17-9-8-10-19(13-17)33-26(25(31-27(33)34)23-11-6-7-12-30-23)21-14-20-18(2)16-28(3,4)32(5)24(20)15-22(21)29/h6-16,25-26H,1-5H3,(H,31,34)/t25-,26-/m0/s1. The minimum atomic E-state index is -0.143. The molecule has 0 bridgehead atoms. The van der Waals surface area contributed by atoms with Gasteiger partial charge < -0.3 is 15.1 Å². The van der Waals surface area contributed by atoms with E-state index in [0.717, 1.165) is 27.7 Å². The molecule has 1 aromatic heterocycles. The summed E-state index contributed by atoms with van der Waals surface area (Å²) in [6.45, 7) is 8.71. The summed E-state index contributed by atoms with van der Waals surface area (Å²) in [4.78, 5) is 9.14. The van der Waals surface area contributed by atoms with Crippen molar-refractivity contribution in [2.45, 2.75) is 45.3 Å². The summed E-state index contributed by atoms with van der Waals surface area (Å²) in [7, 11) is 2.12. The molecule has 4 nitrogen and oxygen atoms in total. The van der Waals surface area contributed by atoms with Crippen LogP contribution >= 0.6 is 23.8 Å². The first kappa shape index (κ1) is 22.9. The summed E-state index contributed by atoms with van der Waals surface area (Å²) in [5.41, 5.74) is 7.70. The van der Waals surface area contributed by atoms with E-state index in [9.17, 15) is 0 Å². The second-order valence-electron chi connectivity index (χ2n) is 9.77. The highest BCUT2D eigenvalue weighted by Gasteiger charge is 2.42. The van der Waals surface area contributed by atoms with E-state index < -0.39 is 0 Å². The van der Waals surface area contributed by atoms with Gasteiger partial charge in [-0.15, -0.1) is 0 Å². The minimum Gasteiger partial charge on any atom is -0.365 e. The lowest BCUT2D eigenvalue weighted by molar-refractivity contribution is 0.567. The smallest absolute Gasteiger partial charge is 0.174 e. The van der Waals surface area contributed by atoms with Gasteiger partial charge in [-0.05, 0) is 93.0 Å². The number of allylic oxidation sites excluding steroid dienone is 1. The van der Waals surface area contributed by atoms with Gasteiger partial charge in [0.1, 0.15) is 0 Å². The summed E-state index contributed by atoms with van der Waals surface area (Å²) < 4.78 is 0. The number of benzene rings is 2. The van der Waals surface area contributed by atoms with Gasteiger partial charge in [0.2, 0.25) is 0 Å². The normalized spacial score (nSPS) is 21.2. The molecule has 174 valence electrons. The molecule has 2 aliphatic rings. The Morgan fingerprint density at radius 1 is 1.06 bits per heavy atom. The van der Waals surface area contributed by atoms with Crippen LogP contribution in [0.5, 0.6) is 0 Å². The van der Waals surface area contributed by atoms with Crippen LogP contribution in [-0.2, 0) is 0 Å². The fraction of sp³-hybridized carbons (Fsp3) is 0.286. The third-order valence-electron chi connectivity index (χ3n) is 7.03. The van der Waals surface area contributed by atoms with Crippen LogP contribution in [0.15, 0.2) is 66.9 Å². The molecule has 34 heavy (non-hydrogen) atoms. The molecule has 2 atom stereocenters. The van der Waals surface area contributed by atoms with E-state index in [1.165, 1.54) is 16.7 Å². The van der Waals surface area contributed by atoms with Gasteiger partial charge in [-0.1, -0.05) is 35.9 Å². The Hall–Kier alpha value is -2.89. The van der Waals surface area contributed by atoms with E-state index in [1.807, 2.05) is 24.4 Å². The van der Waals surface area contributed by atoms with Crippen molar-refractivity contribution in [2.24, 2.45) is 0 Å². The van der Waals surface area contributed by atoms with Crippen molar-refractivity contribution in [1.29, 1.82) is 0 Å². The molecule has 1 saturated heterocycles. The van der Waals surface area contributed by atoms with Crippen molar-refractivity contribution in [1.82, 2.24) is 10.3 Å². The maximum absolute atomic E-state index is 7.07. The van der Waals surface area contributed by atoms with Gasteiger partial charge >= 0.3 is 0 Å². The van der Waals surface area contributed by atoms with Gasteiger partial charge in [-0.2, -0.15) is 0 Å². The Morgan fingerprint density at radius 3 is 2.56 bits per heavy atom. The predicted molar refractivity (Wildman–Crippen MR) is 147 cm³/mol. The molecule has 3 heterocycles. The Morgan fingerprint density at radius 2 is 1.85 bits per heavy atom. The van der Waals surface area contributed by atoms with Crippen molar-refractivity contribution in [3.63, 3.8) is 0 Å². The number of thiocarbonyl (C=S) groups is 1. The number of aromatic nitrogens is 1. The highest BCUT2D eigenvalue weighted by Crippen LogP contribution is 2.47. The molecule has 3 aromatic rings. The van der Waals surface area contributed by atoms with Crippen molar-refractivity contribution in [3.05, 3.63) is 94.3 Å². The average molecular weight is 489 g/mol. The lowest BCUT2D eigenvalue weighted by Crippen LogP contribution is -2.42. The van der Waals surface area contributed by atoms with Gasteiger partial charge in [-0.3, -0.25) is 4.98 Å². The van der Waals surface area contributed by atoms with E-state index in [0.29, 0.717) is 5.11 Å². The van der Waals surface area contributed by atoms with Gasteiger partial charge in [0.05, 0.1) is 23.3 Å². The number of hydrogen-bond donors (Lipinski definition) is 1. The second-order valence-corrected chi connectivity index (χ2v) is 10.6. The van der Waals surface area contributed by atoms with Crippen LogP contribution in [0.25, 0.3) is 5.57 Å². The molecule has 2 aromatic carbocycles. The zero-order chi connectivity index (χ0) is 24.2. The van der Waals surface area contributed by atoms with Gasteiger partial charge in [0.15, 0.2) is 5.11 Å². The molecule has 0 aliphatic carbocycles. The molecule has 0 radical (unpaired) electrons. The van der Waals surface area contributed by atoms with E-state index in [1.54, 1.807) is 0 Å². The predicted octanol–water partition coefficient (Wildman–Crippen LogP) is 6.85. The number of fused-ring (bicyclic) bond motifs is 1. The number of likely N-dealkylation sites (N-methyl/N-ethyl adjacent to an activating group) is 1. The maximum atomic E-state index is 7.07. The Kier molecular flexibility index (Phi) is 5.65. The molecule has 6 heteroatoms. The molecule has 1 N–H and O–H groups in total. The topological polar surface area (TPSA) is 31.4 Å². The van der Waals surface area contributed by atoms with Crippen LogP contribution in [0.1, 0.15) is 55.2 Å². The summed E-state index contributed by atoms with van der Waals surface area (Å²) in [5, 5.41) is 4.94. The number of aryl methyl sites for hydroxylation is 1. The van der Waals surface area contributed by atoms with Crippen molar-refractivity contribution >= 4 is 45.9 Å². The van der Waals surface area contributed by atoms with Crippen LogP contribution in [0.2, 0.25) is 5.02 Å². The lowest BCUT2D eigenvalue weighted by Gasteiger charge is -2.41. The fourth-order valence-corrected chi connectivity index (χ4v) is 5.76. The maximum Gasteiger partial charge on any atom is 0.174 e. The number of halogens is 1. The van der Waals surface area contributed by atoms with Crippen LogP contribution < -0.4 is 15.1 Å². The molecule has 0 saturated carbocycles. The first-order valence-corrected chi connectivity index (χ1v) is 12.3. The summed E-state index contributed by atoms with van der Waals surface area (Å²) >= 11 is 12.9. The zero-order valence-corrected chi connectivity index (χ0v) is 21.7. The zero-order valence-electron chi connectivity index (χ0n) is 20.1. The van der Waals surface area contributed by atoms with Crippen LogP contribution in [0, 0.1) is 6.92 Å². The third kappa shape index (κ3) is 3.77. The largest absolute Gasteiger partial charge is 0.365 e. The second kappa shape index (κ2) is 8.40. The summed E-state index contributed by atoms with van der Waals surface area (Å²) in [6, 6.07) is 18.5.